The average molecular weight is 139 g/mol. The SMILES string of the molecule is CC(C#N)C1CCOCC1. The van der Waals surface area contributed by atoms with E-state index in [0.717, 1.165) is 26.1 Å². The molecule has 1 saturated heterocycles. The second kappa shape index (κ2) is 3.58. The van der Waals surface area contributed by atoms with Crippen LogP contribution in [0.2, 0.25) is 0 Å². The van der Waals surface area contributed by atoms with E-state index >= 15 is 0 Å². The van der Waals surface area contributed by atoms with Crippen molar-refractivity contribution in [2.75, 3.05) is 13.2 Å². The molecule has 1 aliphatic rings. The second-order valence-electron chi connectivity index (χ2n) is 2.87. The summed E-state index contributed by atoms with van der Waals surface area (Å²) in [6.45, 7) is 3.68. The third-order valence-electron chi connectivity index (χ3n) is 2.18. The molecule has 0 bridgehead atoms. The number of hydrogen-bond acceptors (Lipinski definition) is 2. The quantitative estimate of drug-likeness (QED) is 0.552. The fourth-order valence-electron chi connectivity index (χ4n) is 1.32. The van der Waals surface area contributed by atoms with Gasteiger partial charge in [-0.25, -0.2) is 0 Å². The largest absolute Gasteiger partial charge is 0.381 e. The van der Waals surface area contributed by atoms with Crippen LogP contribution >= 0.6 is 0 Å². The van der Waals surface area contributed by atoms with Gasteiger partial charge < -0.3 is 4.74 Å². The lowest BCUT2D eigenvalue weighted by molar-refractivity contribution is 0.0569. The molecule has 0 radical (unpaired) electrons. The number of rotatable bonds is 1. The van der Waals surface area contributed by atoms with Crippen molar-refractivity contribution >= 4 is 0 Å². The zero-order valence-electron chi connectivity index (χ0n) is 6.34. The smallest absolute Gasteiger partial charge is 0.0655 e. The number of hydrogen-bond donors (Lipinski definition) is 0. The molecular formula is C8H13NO. The first kappa shape index (κ1) is 7.56. The summed E-state index contributed by atoms with van der Waals surface area (Å²) in [7, 11) is 0. The summed E-state index contributed by atoms with van der Waals surface area (Å²) in [5, 5.41) is 8.60. The van der Waals surface area contributed by atoms with Crippen molar-refractivity contribution in [2.24, 2.45) is 11.8 Å². The highest BCUT2D eigenvalue weighted by atomic mass is 16.5. The van der Waals surface area contributed by atoms with E-state index in [2.05, 4.69) is 6.07 Å². The summed E-state index contributed by atoms with van der Waals surface area (Å²) >= 11 is 0. The van der Waals surface area contributed by atoms with Gasteiger partial charge in [0.2, 0.25) is 0 Å². The predicted molar refractivity (Wildman–Crippen MR) is 38.3 cm³/mol. The lowest BCUT2D eigenvalue weighted by atomic mass is 9.88. The van der Waals surface area contributed by atoms with Gasteiger partial charge >= 0.3 is 0 Å². The van der Waals surface area contributed by atoms with Crippen LogP contribution in [0.25, 0.3) is 0 Å². The minimum atomic E-state index is 0.212. The Labute approximate surface area is 61.8 Å². The lowest BCUT2D eigenvalue weighted by Gasteiger charge is -2.23. The van der Waals surface area contributed by atoms with Crippen LogP contribution in [0.15, 0.2) is 0 Å². The van der Waals surface area contributed by atoms with E-state index in [1.165, 1.54) is 0 Å². The van der Waals surface area contributed by atoms with Gasteiger partial charge in [-0.1, -0.05) is 0 Å². The third-order valence-corrected chi connectivity index (χ3v) is 2.18. The van der Waals surface area contributed by atoms with Gasteiger partial charge in [-0.3, -0.25) is 0 Å². The minimum Gasteiger partial charge on any atom is -0.381 e. The molecule has 0 aliphatic carbocycles. The third kappa shape index (κ3) is 1.71. The molecule has 0 aromatic rings. The van der Waals surface area contributed by atoms with Crippen LogP contribution in [0.3, 0.4) is 0 Å². The van der Waals surface area contributed by atoms with Crippen molar-refractivity contribution in [3.05, 3.63) is 0 Å². The van der Waals surface area contributed by atoms with E-state index in [1.807, 2.05) is 6.92 Å². The lowest BCUT2D eigenvalue weighted by Crippen LogP contribution is -2.20. The Morgan fingerprint density at radius 3 is 2.60 bits per heavy atom. The molecule has 1 heterocycles. The Hall–Kier alpha value is -0.550. The van der Waals surface area contributed by atoms with Gasteiger partial charge in [0.05, 0.1) is 6.07 Å². The molecule has 1 atom stereocenters. The van der Waals surface area contributed by atoms with E-state index in [4.69, 9.17) is 10.00 Å². The van der Waals surface area contributed by atoms with Gasteiger partial charge in [0, 0.05) is 19.1 Å². The Kier molecular flexibility index (Phi) is 2.70. The van der Waals surface area contributed by atoms with E-state index in [1.54, 1.807) is 0 Å². The Bertz CT molecular complexity index is 133. The first-order valence-corrected chi connectivity index (χ1v) is 3.82. The number of nitrogens with zero attached hydrogens (tertiary/aromatic N) is 1. The van der Waals surface area contributed by atoms with Gasteiger partial charge in [0.1, 0.15) is 0 Å². The van der Waals surface area contributed by atoms with E-state index in [0.29, 0.717) is 5.92 Å². The molecule has 2 nitrogen and oxygen atoms in total. The fourth-order valence-corrected chi connectivity index (χ4v) is 1.32. The highest BCUT2D eigenvalue weighted by molar-refractivity contribution is 4.85. The maximum Gasteiger partial charge on any atom is 0.0655 e. The molecule has 0 N–H and O–H groups in total. The fraction of sp³-hybridized carbons (Fsp3) is 0.875. The van der Waals surface area contributed by atoms with Crippen LogP contribution in [-0.2, 0) is 4.74 Å². The average Bonchev–Trinajstić information content (AvgIpc) is 2.05. The molecular weight excluding hydrogens is 126 g/mol. The summed E-state index contributed by atoms with van der Waals surface area (Å²) in [4.78, 5) is 0. The molecule has 2 heteroatoms. The molecule has 1 rings (SSSR count). The van der Waals surface area contributed by atoms with Crippen LogP contribution < -0.4 is 0 Å². The molecule has 0 spiro atoms. The minimum absolute atomic E-state index is 0.212. The van der Waals surface area contributed by atoms with E-state index in [-0.39, 0.29) is 5.92 Å². The Morgan fingerprint density at radius 2 is 2.10 bits per heavy atom. The van der Waals surface area contributed by atoms with Gasteiger partial charge in [0.15, 0.2) is 0 Å². The van der Waals surface area contributed by atoms with Gasteiger partial charge in [-0.05, 0) is 25.7 Å². The highest BCUT2D eigenvalue weighted by Gasteiger charge is 2.19. The van der Waals surface area contributed by atoms with Gasteiger partial charge in [-0.2, -0.15) is 5.26 Å². The monoisotopic (exact) mass is 139 g/mol. The first-order valence-electron chi connectivity index (χ1n) is 3.82. The van der Waals surface area contributed by atoms with Crippen molar-refractivity contribution in [3.63, 3.8) is 0 Å². The molecule has 56 valence electrons. The Morgan fingerprint density at radius 1 is 1.50 bits per heavy atom. The summed E-state index contributed by atoms with van der Waals surface area (Å²) in [5.41, 5.74) is 0. The van der Waals surface area contributed by atoms with Crippen molar-refractivity contribution < 1.29 is 4.74 Å². The van der Waals surface area contributed by atoms with Gasteiger partial charge in [0.25, 0.3) is 0 Å². The van der Waals surface area contributed by atoms with Crippen molar-refractivity contribution in [1.82, 2.24) is 0 Å². The zero-order valence-corrected chi connectivity index (χ0v) is 6.34. The summed E-state index contributed by atoms with van der Waals surface area (Å²) in [6, 6.07) is 2.28. The predicted octanol–water partition coefficient (Wildman–Crippen LogP) is 1.57. The second-order valence-corrected chi connectivity index (χ2v) is 2.87. The molecule has 0 aromatic heterocycles. The van der Waals surface area contributed by atoms with Crippen LogP contribution in [0.1, 0.15) is 19.8 Å². The van der Waals surface area contributed by atoms with E-state index < -0.39 is 0 Å². The molecule has 1 fully saturated rings. The molecule has 0 saturated carbocycles. The van der Waals surface area contributed by atoms with Crippen molar-refractivity contribution in [3.8, 4) is 6.07 Å². The highest BCUT2D eigenvalue weighted by Crippen LogP contribution is 2.22. The molecule has 0 aromatic carbocycles. The molecule has 1 aliphatic heterocycles. The molecule has 0 amide bonds. The normalized spacial score (nSPS) is 23.6. The van der Waals surface area contributed by atoms with Crippen molar-refractivity contribution in [1.29, 1.82) is 5.26 Å². The molecule has 1 unspecified atom stereocenters. The van der Waals surface area contributed by atoms with Crippen LogP contribution in [0.5, 0.6) is 0 Å². The number of ether oxygens (including phenoxy) is 1. The molecule has 10 heavy (non-hydrogen) atoms. The van der Waals surface area contributed by atoms with Crippen molar-refractivity contribution in [2.45, 2.75) is 19.8 Å². The van der Waals surface area contributed by atoms with Crippen LogP contribution in [-0.4, -0.2) is 13.2 Å². The summed E-state index contributed by atoms with van der Waals surface area (Å²) in [5.74, 6) is 0.794. The standard InChI is InChI=1S/C8H13NO/c1-7(6-9)8-2-4-10-5-3-8/h7-8H,2-5H2,1H3. The summed E-state index contributed by atoms with van der Waals surface area (Å²) < 4.78 is 5.18. The summed E-state index contributed by atoms with van der Waals surface area (Å²) in [6.07, 6.45) is 2.13. The van der Waals surface area contributed by atoms with Gasteiger partial charge in [-0.15, -0.1) is 0 Å². The maximum atomic E-state index is 8.60. The number of nitriles is 1. The van der Waals surface area contributed by atoms with E-state index in [9.17, 15) is 0 Å². The first-order chi connectivity index (χ1) is 4.84. The van der Waals surface area contributed by atoms with Crippen LogP contribution in [0.4, 0.5) is 0 Å². The maximum absolute atomic E-state index is 8.60. The zero-order chi connectivity index (χ0) is 7.40. The topological polar surface area (TPSA) is 33.0 Å². The van der Waals surface area contributed by atoms with Crippen LogP contribution in [0, 0.1) is 23.2 Å². The Balaban J connectivity index is 2.33.